The van der Waals surface area contributed by atoms with Crippen LogP contribution in [0.15, 0.2) is 12.7 Å². The van der Waals surface area contributed by atoms with Crippen molar-refractivity contribution in [2.45, 2.75) is 0 Å². The molecule has 0 saturated carbocycles. The van der Waals surface area contributed by atoms with Crippen LogP contribution in [0.1, 0.15) is 0 Å². The van der Waals surface area contributed by atoms with E-state index < -0.39 is 15.8 Å². The van der Waals surface area contributed by atoms with E-state index in [2.05, 4.69) is 6.58 Å². The van der Waals surface area contributed by atoms with Crippen molar-refractivity contribution in [3.8, 4) is 0 Å². The fourth-order valence-electron chi connectivity index (χ4n) is 0. The maximum atomic E-state index is 8.78. The van der Waals surface area contributed by atoms with E-state index in [9.17, 15) is 0 Å². The Morgan fingerprint density at radius 3 is 1.75 bits per heavy atom. The number of aliphatic hydroxyl groups excluding tert-OH is 1. The second-order valence-electron chi connectivity index (χ2n) is 0.724. The van der Waals surface area contributed by atoms with Gasteiger partial charge in [-0.25, -0.2) is 0 Å². The molecule has 49 valence electrons. The van der Waals surface area contributed by atoms with E-state index in [0.717, 1.165) is 0 Å². The fraction of sp³-hybridized carbons (Fsp3) is 0.333. The molecule has 0 fully saturated rings. The van der Waals surface area contributed by atoms with Crippen LogP contribution in [-0.4, -0.2) is 19.8 Å². The Balaban J connectivity index is 0. The van der Waals surface area contributed by atoms with E-state index in [1.807, 2.05) is 0 Å². The van der Waals surface area contributed by atoms with Gasteiger partial charge in [0.15, 0.2) is 0 Å². The van der Waals surface area contributed by atoms with E-state index >= 15 is 0 Å². The molecule has 0 spiro atoms. The molecule has 0 amide bonds. The first-order valence-electron chi connectivity index (χ1n) is 1.72. The van der Waals surface area contributed by atoms with Crippen LogP contribution in [0.3, 0.4) is 0 Å². The number of aliphatic hydroxyl groups is 1. The van der Waals surface area contributed by atoms with Crippen molar-refractivity contribution in [3.05, 3.63) is 12.7 Å². The summed E-state index contributed by atoms with van der Waals surface area (Å²) in [7, 11) is 0. The van der Waals surface area contributed by atoms with E-state index in [1.54, 1.807) is 0 Å². The Morgan fingerprint density at radius 1 is 1.62 bits per heavy atom. The SMILES string of the molecule is C=CCO.[O]=[V]([OH])[OH]. The normalized spacial score (nSPS) is 6.38. The first-order valence-corrected chi connectivity index (χ1v) is 3.53. The van der Waals surface area contributed by atoms with Crippen LogP contribution in [0, 0.1) is 0 Å². The van der Waals surface area contributed by atoms with Crippen LogP contribution in [0.25, 0.3) is 0 Å². The first-order chi connectivity index (χ1) is 3.65. The van der Waals surface area contributed by atoms with Crippen LogP contribution >= 0.6 is 0 Å². The molecule has 3 N–H and O–H groups in total. The zero-order chi connectivity index (χ0) is 6.99. The van der Waals surface area contributed by atoms with Crippen molar-refractivity contribution >= 4 is 0 Å². The molecule has 0 aromatic carbocycles. The van der Waals surface area contributed by atoms with Crippen molar-refractivity contribution in [3.63, 3.8) is 0 Å². The van der Waals surface area contributed by atoms with Crippen LogP contribution in [0.2, 0.25) is 0 Å². The number of hydrogen-bond donors (Lipinski definition) is 3. The summed E-state index contributed by atoms with van der Waals surface area (Å²) in [6.07, 6.45) is 1.43. The molecule has 0 aliphatic carbocycles. The molecule has 0 saturated heterocycles. The minimum atomic E-state index is -3.44. The van der Waals surface area contributed by atoms with Gasteiger partial charge in [0.2, 0.25) is 0 Å². The van der Waals surface area contributed by atoms with Crippen molar-refractivity contribution in [2.75, 3.05) is 6.61 Å². The zero-order valence-corrected chi connectivity index (χ0v) is 5.59. The molecule has 0 aliphatic rings. The Morgan fingerprint density at radius 2 is 1.75 bits per heavy atom. The standard InChI is InChI=1S/C3H6O.2H2O.O.V/c1-2-3-4;;;;/h2,4H,1,3H2;2*1H2;;/q;;;;+2/p-2. The first kappa shape index (κ1) is 10.9. The van der Waals surface area contributed by atoms with E-state index in [0.29, 0.717) is 0 Å². The van der Waals surface area contributed by atoms with Crippen molar-refractivity contribution in [1.29, 1.82) is 0 Å². The average molecular weight is 159 g/mol. The molecule has 0 atom stereocenters. The maximum absolute atomic E-state index is 8.78. The van der Waals surface area contributed by atoms with Gasteiger partial charge in [0, 0.05) is 0 Å². The minimum absolute atomic E-state index is 0.0833. The van der Waals surface area contributed by atoms with Crippen LogP contribution < -0.4 is 0 Å². The van der Waals surface area contributed by atoms with Gasteiger partial charge in [-0.3, -0.25) is 0 Å². The fourth-order valence-corrected chi connectivity index (χ4v) is 0. The molecule has 0 aromatic rings. The molecule has 0 heterocycles. The second-order valence-corrected chi connectivity index (χ2v) is 1.51. The predicted octanol–water partition coefficient (Wildman–Crippen LogP) is -1.07. The number of rotatable bonds is 1. The van der Waals surface area contributed by atoms with Gasteiger partial charge >= 0.3 is 27.5 Å². The molecular weight excluding hydrogens is 151 g/mol. The molecule has 5 heteroatoms. The van der Waals surface area contributed by atoms with E-state index in [-0.39, 0.29) is 6.61 Å². The van der Waals surface area contributed by atoms with Gasteiger partial charge in [0.05, 0.1) is 6.61 Å². The zero-order valence-electron chi connectivity index (χ0n) is 4.19. The van der Waals surface area contributed by atoms with Gasteiger partial charge in [-0.05, 0) is 0 Å². The molecule has 0 aromatic heterocycles. The summed E-state index contributed by atoms with van der Waals surface area (Å²) < 4.78 is 23.2. The molecule has 0 bridgehead atoms. The summed E-state index contributed by atoms with van der Waals surface area (Å²) in [5, 5.41) is 7.76. The predicted molar refractivity (Wildman–Crippen MR) is 22.4 cm³/mol. The van der Waals surface area contributed by atoms with Gasteiger partial charge in [-0.2, -0.15) is 0 Å². The van der Waals surface area contributed by atoms with Crippen molar-refractivity contribution in [2.24, 2.45) is 0 Å². The quantitative estimate of drug-likeness (QED) is 0.425. The topological polar surface area (TPSA) is 77.8 Å². The van der Waals surface area contributed by atoms with Gasteiger partial charge in [0.1, 0.15) is 0 Å². The van der Waals surface area contributed by atoms with E-state index in [1.165, 1.54) is 6.08 Å². The van der Waals surface area contributed by atoms with Crippen molar-refractivity contribution in [1.82, 2.24) is 0 Å². The second kappa shape index (κ2) is 10.1. The van der Waals surface area contributed by atoms with Crippen LogP contribution in [0.4, 0.5) is 0 Å². The molecule has 8 heavy (non-hydrogen) atoms. The third-order valence-corrected chi connectivity index (χ3v) is 0.129. The molecule has 0 unspecified atom stereocenters. The Bertz CT molecular complexity index is 67.7. The van der Waals surface area contributed by atoms with Crippen LogP contribution in [-0.2, 0) is 19.5 Å². The third-order valence-electron chi connectivity index (χ3n) is 0.129. The van der Waals surface area contributed by atoms with E-state index in [4.69, 9.17) is 16.8 Å². The Labute approximate surface area is 52.6 Å². The van der Waals surface area contributed by atoms with Crippen molar-refractivity contribution < 1.29 is 32.6 Å². The average Bonchev–Trinajstić information content (AvgIpc) is 1.65. The van der Waals surface area contributed by atoms with Crippen LogP contribution in [0.5, 0.6) is 0 Å². The van der Waals surface area contributed by atoms with Gasteiger partial charge in [0.25, 0.3) is 0 Å². The summed E-state index contributed by atoms with van der Waals surface area (Å²) in [5.74, 6) is 0. The van der Waals surface area contributed by atoms with Gasteiger partial charge < -0.3 is 5.11 Å². The molecular formula is C3H8O4V. The Hall–Kier alpha value is 0.00442. The number of hydrogen-bond acceptors (Lipinski definition) is 2. The third kappa shape index (κ3) is 149. The molecule has 0 radical (unpaired) electrons. The van der Waals surface area contributed by atoms with Gasteiger partial charge in [-0.1, -0.05) is 6.08 Å². The summed E-state index contributed by atoms with van der Waals surface area (Å²) in [4.78, 5) is 0. The van der Waals surface area contributed by atoms with Gasteiger partial charge in [-0.15, -0.1) is 6.58 Å². The monoisotopic (exact) mass is 159 g/mol. The molecule has 0 rings (SSSR count). The molecule has 4 nitrogen and oxygen atoms in total. The summed E-state index contributed by atoms with van der Waals surface area (Å²) in [5.41, 5.74) is 0. The summed E-state index contributed by atoms with van der Waals surface area (Å²) >= 11 is -3.44. The summed E-state index contributed by atoms with van der Waals surface area (Å²) in [6, 6.07) is 0. The summed E-state index contributed by atoms with van der Waals surface area (Å²) in [6.45, 7) is 3.31. The molecule has 0 aliphatic heterocycles. The Kier molecular flexibility index (Phi) is 13.7.